The Morgan fingerprint density at radius 1 is 1.38 bits per heavy atom. The molecule has 0 saturated heterocycles. The molecule has 0 spiro atoms. The third kappa shape index (κ3) is 5.92. The van der Waals surface area contributed by atoms with Gasteiger partial charge in [0.25, 0.3) is 0 Å². The lowest BCUT2D eigenvalue weighted by Crippen LogP contribution is -2.35. The van der Waals surface area contributed by atoms with Gasteiger partial charge in [0.15, 0.2) is 0 Å². The average Bonchev–Trinajstić information content (AvgIpc) is 1.99. The minimum atomic E-state index is -4.09. The van der Waals surface area contributed by atoms with E-state index < -0.39 is 27.2 Å². The van der Waals surface area contributed by atoms with Crippen LogP contribution in [0, 0.1) is 0 Å². The third-order valence-corrected chi connectivity index (χ3v) is 2.86. The summed E-state index contributed by atoms with van der Waals surface area (Å²) < 4.78 is 31.7. The van der Waals surface area contributed by atoms with E-state index in [0.29, 0.717) is 6.42 Å². The lowest BCUT2D eigenvalue weighted by atomic mass is 10.2. The quantitative estimate of drug-likeness (QED) is 0.600. The topological polar surface area (TPSA) is 95.7 Å². The van der Waals surface area contributed by atoms with Crippen LogP contribution in [0.3, 0.4) is 0 Å². The number of rotatable bonds is 4. The molecule has 0 aliphatic carbocycles. The van der Waals surface area contributed by atoms with E-state index in [-0.39, 0.29) is 6.42 Å². The van der Waals surface area contributed by atoms with Gasteiger partial charge in [0.05, 0.1) is 0 Å². The largest absolute Gasteiger partial charge is 0.524 e. The summed E-state index contributed by atoms with van der Waals surface area (Å²) in [6.45, 7) is 6.59. The highest BCUT2D eigenvalue weighted by Gasteiger charge is 2.28. The highest BCUT2D eigenvalue weighted by atomic mass is 32.2. The number of hydrogen-bond donors (Lipinski definition) is 1. The first-order valence-corrected chi connectivity index (χ1v) is 6.47. The van der Waals surface area contributed by atoms with Crippen LogP contribution in [0.15, 0.2) is 0 Å². The van der Waals surface area contributed by atoms with Crippen LogP contribution >= 0.6 is 0 Å². The van der Waals surface area contributed by atoms with Crippen molar-refractivity contribution in [2.45, 2.75) is 51.5 Å². The van der Waals surface area contributed by atoms with Gasteiger partial charge in [0.1, 0.15) is 11.0 Å². The van der Waals surface area contributed by atoms with Crippen molar-refractivity contribution in [1.82, 2.24) is 0 Å². The molecule has 0 saturated carbocycles. The summed E-state index contributed by atoms with van der Waals surface area (Å²) in [5, 5.41) is -1.20. The Balaban J connectivity index is 4.43. The highest BCUT2D eigenvalue weighted by Crippen LogP contribution is 2.12. The van der Waals surface area contributed by atoms with Crippen molar-refractivity contribution >= 4 is 16.3 Å². The fourth-order valence-corrected chi connectivity index (χ4v) is 1.72. The fraction of sp³-hybridized carbons (Fsp3) is 0.889. The predicted molar refractivity (Wildman–Crippen MR) is 59.1 cm³/mol. The van der Waals surface area contributed by atoms with Crippen molar-refractivity contribution < 1.29 is 22.1 Å². The zero-order valence-electron chi connectivity index (χ0n) is 10.0. The molecule has 96 valence electrons. The second-order valence-corrected chi connectivity index (χ2v) is 6.13. The minimum Gasteiger partial charge on any atom is -0.428 e. The van der Waals surface area contributed by atoms with Gasteiger partial charge in [-0.2, -0.15) is 8.42 Å². The molecule has 0 aliphatic heterocycles. The molecule has 0 aromatic carbocycles. The molecule has 1 atom stereocenters. The molecule has 0 aromatic rings. The van der Waals surface area contributed by atoms with Gasteiger partial charge < -0.3 is 14.7 Å². The van der Waals surface area contributed by atoms with Gasteiger partial charge in [-0.3, -0.25) is 0 Å². The highest BCUT2D eigenvalue weighted by molar-refractivity contribution is 7.87. The van der Waals surface area contributed by atoms with Gasteiger partial charge in [-0.25, -0.2) is 4.79 Å². The lowest BCUT2D eigenvalue weighted by molar-refractivity contribution is 0.0219. The van der Waals surface area contributed by atoms with Crippen LogP contribution in [-0.2, 0) is 19.0 Å². The van der Waals surface area contributed by atoms with Crippen LogP contribution in [0.5, 0.6) is 0 Å². The maximum absolute atomic E-state index is 11.4. The molecule has 0 radical (unpaired) electrons. The minimum absolute atomic E-state index is 0.227. The normalized spacial score (nSPS) is 14.3. The molecule has 0 bridgehead atoms. The van der Waals surface area contributed by atoms with E-state index in [9.17, 15) is 13.2 Å². The first-order chi connectivity index (χ1) is 7.08. The zero-order valence-corrected chi connectivity index (χ0v) is 10.8. The molecule has 16 heavy (non-hydrogen) atoms. The molecule has 0 fully saturated rings. The van der Waals surface area contributed by atoms with Gasteiger partial charge in [-0.15, -0.1) is 0 Å². The summed E-state index contributed by atoms with van der Waals surface area (Å²) in [6, 6.07) is 0. The Labute approximate surface area is 96.2 Å². The van der Waals surface area contributed by atoms with Crippen molar-refractivity contribution in [1.29, 1.82) is 0 Å². The maximum atomic E-state index is 11.4. The second-order valence-electron chi connectivity index (χ2n) is 4.37. The molecule has 0 aliphatic rings. The zero-order chi connectivity index (χ0) is 13.0. The summed E-state index contributed by atoms with van der Waals surface area (Å²) >= 11 is 0. The Morgan fingerprint density at radius 3 is 2.25 bits per heavy atom. The lowest BCUT2D eigenvalue weighted by Gasteiger charge is -2.19. The van der Waals surface area contributed by atoms with E-state index >= 15 is 0 Å². The molecule has 0 amide bonds. The fourth-order valence-electron chi connectivity index (χ4n) is 0.853. The van der Waals surface area contributed by atoms with Gasteiger partial charge in [-0.05, 0) is 27.2 Å². The summed E-state index contributed by atoms with van der Waals surface area (Å²) in [7, 11) is -4.09. The van der Waals surface area contributed by atoms with Gasteiger partial charge in [0.2, 0.25) is 0 Å². The molecular formula is C9H19NO5S. The molecule has 2 N–H and O–H groups in total. The van der Waals surface area contributed by atoms with E-state index in [4.69, 9.17) is 10.5 Å². The number of carbonyl (C=O) groups is 1. The first kappa shape index (κ1) is 15.2. The number of ether oxygens (including phenoxy) is 1. The summed E-state index contributed by atoms with van der Waals surface area (Å²) in [5.41, 5.74) is 4.55. The van der Waals surface area contributed by atoms with Crippen LogP contribution in [0.1, 0.15) is 40.5 Å². The Bertz CT molecular complexity index is 330. The number of carbonyl (C=O) groups excluding carboxylic acids is 1. The summed E-state index contributed by atoms with van der Waals surface area (Å²) in [4.78, 5) is 11.1. The Morgan fingerprint density at radius 2 is 1.88 bits per heavy atom. The average molecular weight is 253 g/mol. The van der Waals surface area contributed by atoms with Gasteiger partial charge in [0, 0.05) is 0 Å². The van der Waals surface area contributed by atoms with E-state index in [1.807, 2.05) is 0 Å². The SMILES string of the molecule is CCCC(N)S(=O)(=O)OC(=O)OC(C)(C)C. The van der Waals surface area contributed by atoms with Crippen molar-refractivity contribution in [2.75, 3.05) is 0 Å². The van der Waals surface area contributed by atoms with E-state index in [2.05, 4.69) is 4.18 Å². The molecular weight excluding hydrogens is 234 g/mol. The van der Waals surface area contributed by atoms with E-state index in [0.717, 1.165) is 0 Å². The number of nitrogens with two attached hydrogens (primary N) is 1. The van der Waals surface area contributed by atoms with E-state index in [1.165, 1.54) is 0 Å². The smallest absolute Gasteiger partial charge is 0.428 e. The van der Waals surface area contributed by atoms with Gasteiger partial charge in [-0.1, -0.05) is 13.3 Å². The molecule has 0 heterocycles. The second kappa shape index (κ2) is 5.49. The third-order valence-electron chi connectivity index (χ3n) is 1.52. The molecule has 7 heteroatoms. The molecule has 0 rings (SSSR count). The van der Waals surface area contributed by atoms with Gasteiger partial charge >= 0.3 is 16.3 Å². The van der Waals surface area contributed by atoms with Crippen LogP contribution in [0.4, 0.5) is 4.79 Å². The van der Waals surface area contributed by atoms with Crippen LogP contribution in [0.2, 0.25) is 0 Å². The Hall–Kier alpha value is -0.820. The first-order valence-electron chi connectivity index (χ1n) is 5.00. The van der Waals surface area contributed by atoms with Crippen molar-refractivity contribution in [3.63, 3.8) is 0 Å². The van der Waals surface area contributed by atoms with Crippen LogP contribution < -0.4 is 5.73 Å². The Kier molecular flexibility index (Phi) is 5.21. The van der Waals surface area contributed by atoms with E-state index in [1.54, 1.807) is 27.7 Å². The maximum Gasteiger partial charge on any atom is 0.524 e. The van der Waals surface area contributed by atoms with Crippen LogP contribution in [-0.4, -0.2) is 25.5 Å². The summed E-state index contributed by atoms with van der Waals surface area (Å²) in [5.74, 6) is 0. The molecule has 0 aromatic heterocycles. The summed E-state index contributed by atoms with van der Waals surface area (Å²) in [6.07, 6.45) is -0.442. The van der Waals surface area contributed by atoms with Crippen molar-refractivity contribution in [3.8, 4) is 0 Å². The molecule has 6 nitrogen and oxygen atoms in total. The number of hydrogen-bond acceptors (Lipinski definition) is 6. The standard InChI is InChI=1S/C9H19NO5S/c1-5-6-7(10)16(12,13)15-8(11)14-9(2,3)4/h7H,5-6,10H2,1-4H3. The molecule has 1 unspecified atom stereocenters. The van der Waals surface area contributed by atoms with Crippen molar-refractivity contribution in [3.05, 3.63) is 0 Å². The monoisotopic (exact) mass is 253 g/mol. The predicted octanol–water partition coefficient (Wildman–Crippen LogP) is 1.35. The van der Waals surface area contributed by atoms with Crippen molar-refractivity contribution in [2.24, 2.45) is 5.73 Å². The van der Waals surface area contributed by atoms with Crippen LogP contribution in [0.25, 0.3) is 0 Å².